The van der Waals surface area contributed by atoms with Gasteiger partial charge in [0.25, 0.3) is 0 Å². The van der Waals surface area contributed by atoms with Gasteiger partial charge in [0.2, 0.25) is 0 Å². The van der Waals surface area contributed by atoms with Crippen LogP contribution in [0.15, 0.2) is 97.2 Å². The molecule has 6 nitrogen and oxygen atoms in total. The van der Waals surface area contributed by atoms with E-state index in [0.29, 0.717) is 19.3 Å². The Morgan fingerprint density at radius 1 is 0.263 bits per heavy atom. The Bertz CT molecular complexity index is 1560. The average Bonchev–Trinajstić information content (AvgIpc) is 3.46. The molecule has 0 spiro atoms. The van der Waals surface area contributed by atoms with Gasteiger partial charge < -0.3 is 14.2 Å². The highest BCUT2D eigenvalue weighted by Gasteiger charge is 2.19. The van der Waals surface area contributed by atoms with Crippen molar-refractivity contribution < 1.29 is 28.6 Å². The van der Waals surface area contributed by atoms with Crippen LogP contribution in [0.25, 0.3) is 0 Å². The van der Waals surface area contributed by atoms with Crippen molar-refractivity contribution in [3.63, 3.8) is 0 Å². The lowest BCUT2D eigenvalue weighted by Crippen LogP contribution is -2.30. The van der Waals surface area contributed by atoms with Crippen molar-refractivity contribution in [1.82, 2.24) is 0 Å². The largest absolute Gasteiger partial charge is 0.462 e. The maximum atomic E-state index is 12.9. The average molecular weight is 1110 g/mol. The summed E-state index contributed by atoms with van der Waals surface area (Å²) >= 11 is 0. The minimum Gasteiger partial charge on any atom is -0.462 e. The Morgan fingerprint density at radius 2 is 0.487 bits per heavy atom. The van der Waals surface area contributed by atoms with E-state index in [4.69, 9.17) is 14.2 Å². The van der Waals surface area contributed by atoms with E-state index in [0.717, 1.165) is 116 Å². The van der Waals surface area contributed by atoms with Gasteiger partial charge in [-0.2, -0.15) is 0 Å². The van der Waals surface area contributed by atoms with Gasteiger partial charge >= 0.3 is 17.9 Å². The van der Waals surface area contributed by atoms with E-state index in [-0.39, 0.29) is 31.1 Å². The van der Waals surface area contributed by atoms with Crippen molar-refractivity contribution >= 4 is 17.9 Å². The van der Waals surface area contributed by atoms with Crippen molar-refractivity contribution in [3.8, 4) is 0 Å². The maximum Gasteiger partial charge on any atom is 0.306 e. The van der Waals surface area contributed by atoms with E-state index < -0.39 is 6.10 Å². The van der Waals surface area contributed by atoms with Gasteiger partial charge in [-0.15, -0.1) is 0 Å². The Kier molecular flexibility index (Phi) is 64.7. The molecule has 0 fully saturated rings. The second kappa shape index (κ2) is 67.8. The molecule has 0 aromatic heterocycles. The molecule has 80 heavy (non-hydrogen) atoms. The summed E-state index contributed by atoms with van der Waals surface area (Å²) in [6.45, 7) is 6.52. The van der Waals surface area contributed by atoms with Crippen LogP contribution in [0, 0.1) is 0 Å². The molecule has 0 radical (unpaired) electrons. The maximum absolute atomic E-state index is 12.9. The van der Waals surface area contributed by atoms with Gasteiger partial charge in [0, 0.05) is 19.3 Å². The standard InChI is InChI=1S/C74H128O6/c1-4-7-10-13-16-19-22-25-28-30-32-34-35-36-37-38-39-41-42-44-46-49-52-55-58-61-64-67-73(76)79-70-71(69-78-72(75)66-63-60-57-54-51-48-27-24-21-18-15-12-9-6-3)80-74(77)68-65-62-59-56-53-50-47-45-43-40-33-31-29-26-23-20-17-14-11-8-5-2/h7,10,16,19,23-28,31-34,43,45,71H,4-6,8-9,11-15,17-18,20-22,29-30,35-42,44,46-70H2,1-3H3/b10-7-,19-16-,26-23-,27-24-,28-25-,33-31-,34-32-,45-43-. The molecule has 0 N–H and O–H groups in total. The number of carbonyl (C=O) groups is 3. The smallest absolute Gasteiger partial charge is 0.306 e. The minimum atomic E-state index is -0.790. The van der Waals surface area contributed by atoms with Gasteiger partial charge in [-0.1, -0.05) is 291 Å². The van der Waals surface area contributed by atoms with Crippen LogP contribution < -0.4 is 0 Å². The summed E-state index contributed by atoms with van der Waals surface area (Å²) in [5, 5.41) is 0. The van der Waals surface area contributed by atoms with E-state index in [1.165, 1.54) is 180 Å². The van der Waals surface area contributed by atoms with Crippen LogP contribution in [0.1, 0.15) is 335 Å². The summed E-state index contributed by atoms with van der Waals surface area (Å²) in [5.41, 5.74) is 0. The van der Waals surface area contributed by atoms with Crippen LogP contribution in [0.2, 0.25) is 0 Å². The highest BCUT2D eigenvalue weighted by Crippen LogP contribution is 2.17. The van der Waals surface area contributed by atoms with Gasteiger partial charge in [-0.25, -0.2) is 0 Å². The zero-order chi connectivity index (χ0) is 57.8. The van der Waals surface area contributed by atoms with Crippen LogP contribution >= 0.6 is 0 Å². The molecule has 0 aromatic carbocycles. The first-order valence-electron chi connectivity index (χ1n) is 34.2. The van der Waals surface area contributed by atoms with Gasteiger partial charge in [0.05, 0.1) is 0 Å². The first kappa shape index (κ1) is 76.3. The zero-order valence-electron chi connectivity index (χ0n) is 52.8. The lowest BCUT2D eigenvalue weighted by Gasteiger charge is -2.18. The molecule has 0 bridgehead atoms. The SMILES string of the molecule is CC/C=C\C/C=C\C/C=C\C/C=C\CCCCCCCCCCCCCCCCC(=O)OCC(COC(=O)CCCCCCC/C=C\CCCCCCC)OC(=O)CCCCCCCC/C=C\C/C=C\C/C=C\CCCCCCC. The quantitative estimate of drug-likeness (QED) is 0.0261. The van der Waals surface area contributed by atoms with Crippen molar-refractivity contribution in [2.24, 2.45) is 0 Å². The summed E-state index contributed by atoms with van der Waals surface area (Å²) < 4.78 is 17.0. The van der Waals surface area contributed by atoms with Crippen LogP contribution in [0.4, 0.5) is 0 Å². The Hall–Kier alpha value is -3.67. The van der Waals surface area contributed by atoms with Crippen molar-refractivity contribution in [1.29, 1.82) is 0 Å². The molecular weight excluding hydrogens is 985 g/mol. The summed E-state index contributed by atoms with van der Waals surface area (Å²) in [7, 11) is 0. The fourth-order valence-corrected chi connectivity index (χ4v) is 9.67. The summed E-state index contributed by atoms with van der Waals surface area (Å²) in [6.07, 6.45) is 91.3. The van der Waals surface area contributed by atoms with Crippen molar-refractivity contribution in [3.05, 3.63) is 97.2 Å². The fourth-order valence-electron chi connectivity index (χ4n) is 9.67. The minimum absolute atomic E-state index is 0.0841. The van der Waals surface area contributed by atoms with Gasteiger partial charge in [0.15, 0.2) is 6.10 Å². The summed E-state index contributed by atoms with van der Waals surface area (Å²) in [6, 6.07) is 0. The van der Waals surface area contributed by atoms with Crippen LogP contribution in [0.5, 0.6) is 0 Å². The molecule has 0 saturated carbocycles. The second-order valence-corrected chi connectivity index (χ2v) is 22.7. The van der Waals surface area contributed by atoms with E-state index in [1.54, 1.807) is 0 Å². The lowest BCUT2D eigenvalue weighted by molar-refractivity contribution is -0.167. The van der Waals surface area contributed by atoms with Gasteiger partial charge in [-0.05, 0) is 122 Å². The fraction of sp³-hybridized carbons (Fsp3) is 0.743. The topological polar surface area (TPSA) is 78.9 Å². The van der Waals surface area contributed by atoms with E-state index in [9.17, 15) is 14.4 Å². The Morgan fingerprint density at radius 3 is 0.775 bits per heavy atom. The van der Waals surface area contributed by atoms with Crippen molar-refractivity contribution in [2.75, 3.05) is 13.2 Å². The molecule has 0 aliphatic heterocycles. The first-order valence-corrected chi connectivity index (χ1v) is 34.2. The molecule has 0 aliphatic rings. The molecular formula is C74H128O6. The monoisotopic (exact) mass is 1110 g/mol. The molecule has 0 amide bonds. The second-order valence-electron chi connectivity index (χ2n) is 22.7. The molecule has 1 unspecified atom stereocenters. The number of hydrogen-bond acceptors (Lipinski definition) is 6. The van der Waals surface area contributed by atoms with Crippen LogP contribution in [-0.2, 0) is 28.6 Å². The molecule has 0 aliphatic carbocycles. The molecule has 460 valence electrons. The zero-order valence-corrected chi connectivity index (χ0v) is 52.8. The van der Waals surface area contributed by atoms with Crippen molar-refractivity contribution in [2.45, 2.75) is 341 Å². The number of unbranched alkanes of at least 4 members (excludes halogenated alkanes) is 35. The highest BCUT2D eigenvalue weighted by atomic mass is 16.6. The molecule has 1 atom stereocenters. The van der Waals surface area contributed by atoms with E-state index in [1.807, 2.05) is 0 Å². The Balaban J connectivity index is 4.32. The third kappa shape index (κ3) is 65.1. The first-order chi connectivity index (χ1) is 39.5. The number of rotatable bonds is 62. The molecule has 0 rings (SSSR count). The van der Waals surface area contributed by atoms with Crippen LogP contribution in [-0.4, -0.2) is 37.2 Å². The van der Waals surface area contributed by atoms with E-state index in [2.05, 4.69) is 118 Å². The normalized spacial score (nSPS) is 12.7. The van der Waals surface area contributed by atoms with Crippen LogP contribution in [0.3, 0.4) is 0 Å². The van der Waals surface area contributed by atoms with E-state index >= 15 is 0 Å². The number of carbonyl (C=O) groups excluding carboxylic acids is 3. The third-order valence-electron chi connectivity index (χ3n) is 14.8. The van der Waals surface area contributed by atoms with Gasteiger partial charge in [-0.3, -0.25) is 14.4 Å². The number of esters is 3. The molecule has 0 heterocycles. The Labute approximate surface area is 496 Å². The summed E-state index contributed by atoms with van der Waals surface area (Å²) in [4.78, 5) is 38.4. The molecule has 0 saturated heterocycles. The predicted octanol–water partition coefficient (Wildman–Crippen LogP) is 23.6. The lowest BCUT2D eigenvalue weighted by atomic mass is 10.0. The number of allylic oxidation sites excluding steroid dienone is 16. The predicted molar refractivity (Wildman–Crippen MR) is 348 cm³/mol. The van der Waals surface area contributed by atoms with Gasteiger partial charge in [0.1, 0.15) is 13.2 Å². The molecule has 0 aromatic rings. The summed E-state index contributed by atoms with van der Waals surface area (Å²) in [5.74, 6) is -0.892. The molecule has 6 heteroatoms. The number of ether oxygens (including phenoxy) is 3. The number of hydrogen-bond donors (Lipinski definition) is 0. The third-order valence-corrected chi connectivity index (χ3v) is 14.8. The highest BCUT2D eigenvalue weighted by molar-refractivity contribution is 5.71.